The molecule has 0 aromatic heterocycles. The molecule has 0 aliphatic rings. The number of hydrogen-bond donors (Lipinski definition) is 1. The van der Waals surface area contributed by atoms with Crippen molar-refractivity contribution in [3.05, 3.63) is 51.1 Å². The van der Waals surface area contributed by atoms with Crippen LogP contribution in [0.2, 0.25) is 5.02 Å². The Hall–Kier alpha value is -1.88. The first-order chi connectivity index (χ1) is 8.56. The van der Waals surface area contributed by atoms with Crippen LogP contribution in [0.25, 0.3) is 0 Å². The zero-order valence-corrected chi connectivity index (χ0v) is 10.6. The van der Waals surface area contributed by atoms with Gasteiger partial charge in [0.05, 0.1) is 15.5 Å². The van der Waals surface area contributed by atoms with Crippen molar-refractivity contribution in [2.45, 2.75) is 13.3 Å². The van der Waals surface area contributed by atoms with Gasteiger partial charge in [-0.2, -0.15) is 0 Å². The lowest BCUT2D eigenvalue weighted by molar-refractivity contribution is -0.384. The molecule has 0 saturated carbocycles. The van der Waals surface area contributed by atoms with Crippen molar-refractivity contribution in [2.24, 2.45) is 0 Å². The number of hydrogen-bond acceptors (Lipinski definition) is 3. The van der Waals surface area contributed by atoms with Gasteiger partial charge in [-0.15, -0.1) is 0 Å². The molecule has 0 aliphatic carbocycles. The second-order valence-electron chi connectivity index (χ2n) is 3.53. The van der Waals surface area contributed by atoms with E-state index in [0.717, 1.165) is 6.42 Å². The van der Waals surface area contributed by atoms with E-state index < -0.39 is 4.92 Å². The molecule has 0 fully saturated rings. The first-order valence-electron chi connectivity index (χ1n) is 5.39. The minimum Gasteiger partial charge on any atom is -0.352 e. The molecule has 1 aromatic rings. The van der Waals surface area contributed by atoms with Gasteiger partial charge < -0.3 is 5.32 Å². The van der Waals surface area contributed by atoms with Gasteiger partial charge in [0.2, 0.25) is 0 Å². The van der Waals surface area contributed by atoms with Gasteiger partial charge in [-0.05, 0) is 19.4 Å². The largest absolute Gasteiger partial charge is 0.352 e. The van der Waals surface area contributed by atoms with Crippen molar-refractivity contribution in [3.63, 3.8) is 0 Å². The number of non-ortho nitro benzene ring substituents is 1. The maximum atomic E-state index is 11.7. The molecular formula is C12H13ClN2O3. The maximum Gasteiger partial charge on any atom is 0.270 e. The normalized spacial score (nSPS) is 10.6. The van der Waals surface area contributed by atoms with Crippen molar-refractivity contribution in [3.8, 4) is 0 Å². The molecular weight excluding hydrogens is 256 g/mol. The van der Waals surface area contributed by atoms with Crippen LogP contribution in [0.3, 0.4) is 0 Å². The molecule has 18 heavy (non-hydrogen) atoms. The summed E-state index contributed by atoms with van der Waals surface area (Å²) in [6.45, 7) is 2.39. The number of nitro benzene ring substituents is 1. The summed E-state index contributed by atoms with van der Waals surface area (Å²) < 4.78 is 0. The number of amides is 1. The second-order valence-corrected chi connectivity index (χ2v) is 3.94. The van der Waals surface area contributed by atoms with Crippen molar-refractivity contribution < 1.29 is 9.72 Å². The Morgan fingerprint density at radius 3 is 2.83 bits per heavy atom. The zero-order chi connectivity index (χ0) is 13.5. The topological polar surface area (TPSA) is 72.2 Å². The summed E-state index contributed by atoms with van der Waals surface area (Å²) in [6, 6.07) is 3.78. The third-order valence-corrected chi connectivity index (χ3v) is 2.55. The minimum absolute atomic E-state index is 0.0766. The van der Waals surface area contributed by atoms with Crippen LogP contribution in [0.1, 0.15) is 23.7 Å². The van der Waals surface area contributed by atoms with Crippen LogP contribution in [0.15, 0.2) is 30.4 Å². The fraction of sp³-hybridized carbons (Fsp3) is 0.250. The monoisotopic (exact) mass is 268 g/mol. The highest BCUT2D eigenvalue weighted by Gasteiger charge is 2.14. The van der Waals surface area contributed by atoms with Crippen molar-refractivity contribution >= 4 is 23.2 Å². The van der Waals surface area contributed by atoms with Gasteiger partial charge in [0.1, 0.15) is 0 Å². The van der Waals surface area contributed by atoms with E-state index in [-0.39, 0.29) is 22.2 Å². The number of carbonyl (C=O) groups is 1. The number of nitrogens with zero attached hydrogens (tertiary/aromatic N) is 1. The van der Waals surface area contributed by atoms with Gasteiger partial charge in [0.15, 0.2) is 0 Å². The molecule has 1 amide bonds. The smallest absolute Gasteiger partial charge is 0.270 e. The van der Waals surface area contributed by atoms with Crippen molar-refractivity contribution in [1.29, 1.82) is 0 Å². The number of nitrogens with one attached hydrogen (secondary N) is 1. The van der Waals surface area contributed by atoms with Crippen LogP contribution in [0.5, 0.6) is 0 Å². The Balaban J connectivity index is 2.71. The lowest BCUT2D eigenvalue weighted by Crippen LogP contribution is -2.24. The lowest BCUT2D eigenvalue weighted by atomic mass is 10.2. The summed E-state index contributed by atoms with van der Waals surface area (Å²) in [4.78, 5) is 21.7. The summed E-state index contributed by atoms with van der Waals surface area (Å²) in [5.74, 6) is -0.334. The molecule has 0 spiro atoms. The van der Waals surface area contributed by atoms with Crippen LogP contribution >= 0.6 is 11.6 Å². The highest BCUT2D eigenvalue weighted by Crippen LogP contribution is 2.22. The molecule has 0 heterocycles. The summed E-state index contributed by atoms with van der Waals surface area (Å²) >= 11 is 5.83. The van der Waals surface area contributed by atoms with Crippen LogP contribution in [0.4, 0.5) is 5.69 Å². The standard InChI is InChI=1S/C12H13ClN2O3/c1-2-3-4-7-14-12(16)10-6-5-9(15(17)18)8-11(10)13/h2-3,5-6,8H,4,7H2,1H3,(H,14,16)/b3-2+. The lowest BCUT2D eigenvalue weighted by Gasteiger charge is -2.05. The molecule has 1 rings (SSSR count). The highest BCUT2D eigenvalue weighted by atomic mass is 35.5. The minimum atomic E-state index is -0.556. The number of allylic oxidation sites excluding steroid dienone is 1. The summed E-state index contributed by atoms with van der Waals surface area (Å²) in [6.07, 6.45) is 4.55. The SMILES string of the molecule is C/C=C/CCNC(=O)c1ccc([N+](=O)[O-])cc1Cl. The Morgan fingerprint density at radius 2 is 2.28 bits per heavy atom. The van der Waals surface area contributed by atoms with E-state index in [1.807, 2.05) is 19.1 Å². The number of nitro groups is 1. The third kappa shape index (κ3) is 3.85. The van der Waals surface area contributed by atoms with Gasteiger partial charge in [-0.25, -0.2) is 0 Å². The predicted molar refractivity (Wildman–Crippen MR) is 69.9 cm³/mol. The fourth-order valence-electron chi connectivity index (χ4n) is 1.33. The number of rotatable bonds is 5. The maximum absolute atomic E-state index is 11.7. The van der Waals surface area contributed by atoms with Gasteiger partial charge in [0.25, 0.3) is 11.6 Å². The average molecular weight is 269 g/mol. The molecule has 96 valence electrons. The molecule has 0 bridgehead atoms. The summed E-state index contributed by atoms with van der Waals surface area (Å²) in [5, 5.41) is 13.3. The van der Waals surface area contributed by atoms with Crippen molar-refractivity contribution in [2.75, 3.05) is 6.54 Å². The first-order valence-corrected chi connectivity index (χ1v) is 5.77. The molecule has 1 aromatic carbocycles. The summed E-state index contributed by atoms with van der Waals surface area (Å²) in [7, 11) is 0. The van der Waals surface area contributed by atoms with Crippen LogP contribution in [-0.2, 0) is 0 Å². The van der Waals surface area contributed by atoms with E-state index in [1.165, 1.54) is 18.2 Å². The molecule has 0 atom stereocenters. The summed E-state index contributed by atoms with van der Waals surface area (Å²) in [5.41, 5.74) is 0.105. The molecule has 0 unspecified atom stereocenters. The Kier molecular flexibility index (Phi) is 5.32. The number of carbonyl (C=O) groups excluding carboxylic acids is 1. The van der Waals surface area contributed by atoms with Gasteiger partial charge in [-0.1, -0.05) is 23.8 Å². The van der Waals surface area contributed by atoms with E-state index in [1.54, 1.807) is 0 Å². The van der Waals surface area contributed by atoms with E-state index in [2.05, 4.69) is 5.32 Å². The van der Waals surface area contributed by atoms with E-state index in [0.29, 0.717) is 6.54 Å². The molecule has 0 radical (unpaired) electrons. The van der Waals surface area contributed by atoms with E-state index >= 15 is 0 Å². The third-order valence-electron chi connectivity index (χ3n) is 2.24. The van der Waals surface area contributed by atoms with E-state index in [9.17, 15) is 14.9 Å². The van der Waals surface area contributed by atoms with Gasteiger partial charge >= 0.3 is 0 Å². The zero-order valence-electron chi connectivity index (χ0n) is 9.85. The number of benzene rings is 1. The van der Waals surface area contributed by atoms with Crippen LogP contribution in [-0.4, -0.2) is 17.4 Å². The van der Waals surface area contributed by atoms with Crippen molar-refractivity contribution in [1.82, 2.24) is 5.32 Å². The predicted octanol–water partition coefficient (Wildman–Crippen LogP) is 2.94. The Morgan fingerprint density at radius 1 is 1.56 bits per heavy atom. The van der Waals surface area contributed by atoms with E-state index in [4.69, 9.17) is 11.6 Å². The molecule has 0 aliphatic heterocycles. The quantitative estimate of drug-likeness (QED) is 0.386. The molecule has 5 nitrogen and oxygen atoms in total. The molecule has 6 heteroatoms. The molecule has 1 N–H and O–H groups in total. The fourth-order valence-corrected chi connectivity index (χ4v) is 1.59. The number of halogens is 1. The Labute approximate surface area is 110 Å². The van der Waals surface area contributed by atoms with Crippen LogP contribution in [0, 0.1) is 10.1 Å². The highest BCUT2D eigenvalue weighted by molar-refractivity contribution is 6.34. The van der Waals surface area contributed by atoms with Gasteiger partial charge in [-0.3, -0.25) is 14.9 Å². The second kappa shape index (κ2) is 6.76. The Bertz CT molecular complexity index is 486. The average Bonchev–Trinajstić information content (AvgIpc) is 2.34. The first kappa shape index (κ1) is 14.2. The molecule has 0 saturated heterocycles. The van der Waals surface area contributed by atoms with Gasteiger partial charge in [0, 0.05) is 18.7 Å². The van der Waals surface area contributed by atoms with Crippen LogP contribution < -0.4 is 5.32 Å².